The summed E-state index contributed by atoms with van der Waals surface area (Å²) in [5.74, 6) is 0. The van der Waals surface area contributed by atoms with Crippen LogP contribution in [0, 0.1) is 0 Å². The summed E-state index contributed by atoms with van der Waals surface area (Å²) < 4.78 is 0. The van der Waals surface area contributed by atoms with E-state index in [4.69, 9.17) is 0 Å². The second kappa shape index (κ2) is 5.49. The van der Waals surface area contributed by atoms with E-state index in [1.807, 2.05) is 42.5 Å². The van der Waals surface area contributed by atoms with Crippen molar-refractivity contribution in [2.75, 3.05) is 19.0 Å². The SMILES string of the molecule is CN1N=C(c2cccc3ccccc23)c2ccccc2N(C)C1=O. The van der Waals surface area contributed by atoms with Crippen LogP contribution in [0.2, 0.25) is 0 Å². The van der Waals surface area contributed by atoms with Crippen LogP contribution in [0.3, 0.4) is 0 Å². The minimum absolute atomic E-state index is 0.155. The number of nitrogens with zero attached hydrogens (tertiary/aromatic N) is 3. The number of amides is 2. The van der Waals surface area contributed by atoms with Crippen molar-refractivity contribution in [2.45, 2.75) is 0 Å². The topological polar surface area (TPSA) is 35.9 Å². The van der Waals surface area contributed by atoms with Gasteiger partial charge in [-0.2, -0.15) is 5.10 Å². The highest BCUT2D eigenvalue weighted by atomic mass is 16.2. The Morgan fingerprint density at radius 1 is 0.792 bits per heavy atom. The molecule has 0 saturated heterocycles. The highest BCUT2D eigenvalue weighted by Crippen LogP contribution is 2.29. The normalized spacial score (nSPS) is 14.4. The standard InChI is InChI=1S/C20H17N3O/c1-22-18-13-6-5-11-17(18)19(21-23(2)20(22)24)16-12-7-9-14-8-3-4-10-15(14)16/h3-13H,1-2H3. The zero-order valence-electron chi connectivity index (χ0n) is 13.6. The zero-order chi connectivity index (χ0) is 16.7. The Balaban J connectivity index is 2.04. The Morgan fingerprint density at radius 3 is 2.33 bits per heavy atom. The average molecular weight is 315 g/mol. The number of fused-ring (bicyclic) bond motifs is 2. The van der Waals surface area contributed by atoms with Gasteiger partial charge in [0.1, 0.15) is 5.71 Å². The van der Waals surface area contributed by atoms with Gasteiger partial charge < -0.3 is 0 Å². The second-order valence-corrected chi connectivity index (χ2v) is 5.86. The molecule has 0 bridgehead atoms. The molecule has 4 heteroatoms. The lowest BCUT2D eigenvalue weighted by Crippen LogP contribution is -2.34. The number of carbonyl (C=O) groups is 1. The van der Waals surface area contributed by atoms with Crippen LogP contribution in [0.15, 0.2) is 71.8 Å². The molecule has 0 aromatic heterocycles. The summed E-state index contributed by atoms with van der Waals surface area (Å²) >= 11 is 0. The van der Waals surface area contributed by atoms with Gasteiger partial charge in [-0.3, -0.25) is 4.90 Å². The van der Waals surface area contributed by atoms with E-state index in [0.29, 0.717) is 0 Å². The first-order valence-corrected chi connectivity index (χ1v) is 7.84. The van der Waals surface area contributed by atoms with Gasteiger partial charge in [-0.15, -0.1) is 0 Å². The summed E-state index contributed by atoms with van der Waals surface area (Å²) in [5.41, 5.74) is 3.64. The molecule has 3 aromatic carbocycles. The summed E-state index contributed by atoms with van der Waals surface area (Å²) in [6.45, 7) is 0. The molecule has 0 aliphatic carbocycles. The van der Waals surface area contributed by atoms with Gasteiger partial charge in [0.05, 0.1) is 5.69 Å². The van der Waals surface area contributed by atoms with Crippen LogP contribution in [0.1, 0.15) is 11.1 Å². The highest BCUT2D eigenvalue weighted by molar-refractivity contribution is 6.23. The zero-order valence-corrected chi connectivity index (χ0v) is 13.6. The number of hydrogen-bond acceptors (Lipinski definition) is 2. The molecule has 0 N–H and O–H groups in total. The monoisotopic (exact) mass is 315 g/mol. The molecule has 0 unspecified atom stereocenters. The van der Waals surface area contributed by atoms with Crippen LogP contribution in [0.5, 0.6) is 0 Å². The molecule has 1 aliphatic rings. The Labute approximate surface area is 140 Å². The third-order valence-corrected chi connectivity index (χ3v) is 4.38. The number of carbonyl (C=O) groups excluding carboxylic acids is 1. The molecule has 1 aliphatic heterocycles. The van der Waals surface area contributed by atoms with Crippen LogP contribution in [0.25, 0.3) is 10.8 Å². The van der Waals surface area contributed by atoms with Crippen molar-refractivity contribution < 1.29 is 4.79 Å². The molecule has 0 spiro atoms. The molecular weight excluding hydrogens is 298 g/mol. The van der Waals surface area contributed by atoms with E-state index >= 15 is 0 Å². The predicted molar refractivity (Wildman–Crippen MR) is 97.6 cm³/mol. The van der Waals surface area contributed by atoms with Gasteiger partial charge in [-0.05, 0) is 16.8 Å². The van der Waals surface area contributed by atoms with Crippen molar-refractivity contribution in [3.63, 3.8) is 0 Å². The maximum atomic E-state index is 12.5. The number of hydrogen-bond donors (Lipinski definition) is 0. The minimum Gasteiger partial charge on any atom is -0.295 e. The maximum Gasteiger partial charge on any atom is 0.344 e. The van der Waals surface area contributed by atoms with Gasteiger partial charge in [-0.25, -0.2) is 9.80 Å². The molecule has 3 aromatic rings. The number of urea groups is 1. The predicted octanol–water partition coefficient (Wildman–Crippen LogP) is 4.09. The third-order valence-electron chi connectivity index (χ3n) is 4.38. The molecule has 24 heavy (non-hydrogen) atoms. The quantitative estimate of drug-likeness (QED) is 0.666. The Morgan fingerprint density at radius 2 is 1.46 bits per heavy atom. The van der Waals surface area contributed by atoms with E-state index in [0.717, 1.165) is 33.3 Å². The van der Waals surface area contributed by atoms with Crippen LogP contribution in [-0.2, 0) is 0 Å². The molecule has 1 heterocycles. The van der Waals surface area contributed by atoms with E-state index in [1.165, 1.54) is 5.01 Å². The second-order valence-electron chi connectivity index (χ2n) is 5.86. The first-order valence-electron chi connectivity index (χ1n) is 7.84. The Hall–Kier alpha value is -3.14. The fraction of sp³-hybridized carbons (Fsp3) is 0.100. The molecule has 4 nitrogen and oxygen atoms in total. The highest BCUT2D eigenvalue weighted by Gasteiger charge is 2.26. The lowest BCUT2D eigenvalue weighted by atomic mass is 9.95. The number of rotatable bonds is 1. The van der Waals surface area contributed by atoms with E-state index in [2.05, 4.69) is 29.4 Å². The number of benzene rings is 3. The smallest absolute Gasteiger partial charge is 0.295 e. The van der Waals surface area contributed by atoms with Crippen LogP contribution < -0.4 is 4.90 Å². The van der Waals surface area contributed by atoms with Crippen molar-refractivity contribution in [1.29, 1.82) is 0 Å². The first-order chi connectivity index (χ1) is 11.7. The summed E-state index contributed by atoms with van der Waals surface area (Å²) in [7, 11) is 3.47. The molecule has 0 radical (unpaired) electrons. The molecule has 0 fully saturated rings. The summed E-state index contributed by atoms with van der Waals surface area (Å²) in [6.07, 6.45) is 0. The lowest BCUT2D eigenvalue weighted by molar-refractivity contribution is 0.219. The Bertz CT molecular complexity index is 972. The minimum atomic E-state index is -0.155. The van der Waals surface area contributed by atoms with Gasteiger partial charge in [0.25, 0.3) is 0 Å². The summed E-state index contributed by atoms with van der Waals surface area (Å²) in [6, 6.07) is 22.1. The fourth-order valence-electron chi connectivity index (χ4n) is 3.16. The summed E-state index contributed by atoms with van der Waals surface area (Å²) in [5, 5.41) is 8.31. The fourth-order valence-corrected chi connectivity index (χ4v) is 3.16. The van der Waals surface area contributed by atoms with Gasteiger partial charge in [0.15, 0.2) is 0 Å². The van der Waals surface area contributed by atoms with E-state index in [1.54, 1.807) is 19.0 Å². The number of hydrazone groups is 1. The van der Waals surface area contributed by atoms with Crippen LogP contribution in [-0.4, -0.2) is 30.8 Å². The number of para-hydroxylation sites is 1. The maximum absolute atomic E-state index is 12.5. The van der Waals surface area contributed by atoms with Crippen LogP contribution >= 0.6 is 0 Å². The van der Waals surface area contributed by atoms with Gasteiger partial charge in [-0.1, -0.05) is 60.7 Å². The van der Waals surface area contributed by atoms with E-state index in [-0.39, 0.29) is 6.03 Å². The van der Waals surface area contributed by atoms with Crippen LogP contribution in [0.4, 0.5) is 10.5 Å². The van der Waals surface area contributed by atoms with Crippen molar-refractivity contribution in [2.24, 2.45) is 5.10 Å². The van der Waals surface area contributed by atoms with Gasteiger partial charge >= 0.3 is 6.03 Å². The van der Waals surface area contributed by atoms with Gasteiger partial charge in [0.2, 0.25) is 0 Å². The van der Waals surface area contributed by atoms with Crippen molar-refractivity contribution in [1.82, 2.24) is 5.01 Å². The molecule has 4 rings (SSSR count). The number of anilines is 1. The Kier molecular flexibility index (Phi) is 3.31. The van der Waals surface area contributed by atoms with Crippen molar-refractivity contribution in [3.8, 4) is 0 Å². The van der Waals surface area contributed by atoms with Crippen molar-refractivity contribution >= 4 is 28.2 Å². The van der Waals surface area contributed by atoms with Crippen molar-refractivity contribution in [3.05, 3.63) is 77.9 Å². The molecule has 0 saturated carbocycles. The molecule has 2 amide bonds. The lowest BCUT2D eigenvalue weighted by Gasteiger charge is -2.19. The van der Waals surface area contributed by atoms with E-state index in [9.17, 15) is 4.79 Å². The van der Waals surface area contributed by atoms with E-state index < -0.39 is 0 Å². The average Bonchev–Trinajstić information content (AvgIpc) is 2.72. The first kappa shape index (κ1) is 14.5. The molecular formula is C20H17N3O. The molecule has 0 atom stereocenters. The van der Waals surface area contributed by atoms with Gasteiger partial charge in [0, 0.05) is 25.2 Å². The largest absolute Gasteiger partial charge is 0.344 e. The third kappa shape index (κ3) is 2.15. The summed E-state index contributed by atoms with van der Waals surface area (Å²) in [4.78, 5) is 14.1. The molecule has 118 valence electrons.